The van der Waals surface area contributed by atoms with Gasteiger partial charge in [-0.2, -0.15) is 5.26 Å². The highest BCUT2D eigenvalue weighted by molar-refractivity contribution is 5.94. The molecule has 2 heterocycles. The van der Waals surface area contributed by atoms with Crippen molar-refractivity contribution < 1.29 is 9.59 Å². The Bertz CT molecular complexity index is 625. The Kier molecular flexibility index (Phi) is 4.58. The van der Waals surface area contributed by atoms with Crippen LogP contribution in [0.4, 0.5) is 0 Å². The fraction of sp³-hybridized carbons (Fsp3) is 0.471. The van der Waals surface area contributed by atoms with Gasteiger partial charge in [-0.1, -0.05) is 18.2 Å². The minimum absolute atomic E-state index is 0.0227. The van der Waals surface area contributed by atoms with Crippen LogP contribution >= 0.6 is 0 Å². The Morgan fingerprint density at radius 3 is 2.83 bits per heavy atom. The van der Waals surface area contributed by atoms with Gasteiger partial charge in [0.2, 0.25) is 5.91 Å². The lowest BCUT2D eigenvalue weighted by atomic mass is 10.1. The van der Waals surface area contributed by atoms with Crippen molar-refractivity contribution in [2.75, 3.05) is 13.1 Å². The molecule has 0 radical (unpaired) electrons. The Morgan fingerprint density at radius 2 is 2.09 bits per heavy atom. The molecule has 3 rings (SSSR count). The highest BCUT2D eigenvalue weighted by atomic mass is 16.2. The van der Waals surface area contributed by atoms with E-state index in [9.17, 15) is 9.59 Å². The number of amides is 2. The Balaban J connectivity index is 1.55. The number of benzene rings is 1. The molecule has 0 saturated carbocycles. The molecule has 2 aliphatic heterocycles. The molecule has 1 aromatic carbocycles. The van der Waals surface area contributed by atoms with Gasteiger partial charge in [-0.15, -0.1) is 0 Å². The van der Waals surface area contributed by atoms with Crippen molar-refractivity contribution >= 4 is 11.8 Å². The van der Waals surface area contributed by atoms with Crippen LogP contribution in [0.2, 0.25) is 0 Å². The molecule has 2 fully saturated rings. The van der Waals surface area contributed by atoms with Crippen molar-refractivity contribution in [1.29, 1.82) is 5.26 Å². The van der Waals surface area contributed by atoms with Gasteiger partial charge in [-0.05, 0) is 31.4 Å². The van der Waals surface area contributed by atoms with Crippen LogP contribution in [0, 0.1) is 11.3 Å². The fourth-order valence-electron chi connectivity index (χ4n) is 3.26. The van der Waals surface area contributed by atoms with E-state index in [2.05, 4.69) is 16.7 Å². The van der Waals surface area contributed by atoms with E-state index in [-0.39, 0.29) is 29.9 Å². The van der Waals surface area contributed by atoms with Crippen molar-refractivity contribution in [2.45, 2.75) is 37.4 Å². The van der Waals surface area contributed by atoms with Crippen LogP contribution in [0.1, 0.15) is 29.6 Å². The maximum absolute atomic E-state index is 12.5. The summed E-state index contributed by atoms with van der Waals surface area (Å²) in [6, 6.07) is 10.5. The van der Waals surface area contributed by atoms with Crippen LogP contribution in [0.15, 0.2) is 30.3 Å². The van der Waals surface area contributed by atoms with Crippen LogP contribution in [0.3, 0.4) is 0 Å². The molecule has 2 amide bonds. The maximum atomic E-state index is 12.5. The van der Waals surface area contributed by atoms with Crippen LogP contribution in [0.5, 0.6) is 0 Å². The second-order valence-corrected chi connectivity index (χ2v) is 6.05. The molecule has 0 aromatic heterocycles. The lowest BCUT2D eigenvalue weighted by Crippen LogP contribution is -2.45. The third-order valence-corrected chi connectivity index (χ3v) is 4.49. The van der Waals surface area contributed by atoms with Crippen LogP contribution in [-0.2, 0) is 4.79 Å². The molecule has 6 heteroatoms. The molecule has 1 unspecified atom stereocenters. The summed E-state index contributed by atoms with van der Waals surface area (Å²) in [5.74, 6) is -0.146. The average molecular weight is 312 g/mol. The van der Waals surface area contributed by atoms with Gasteiger partial charge in [0.25, 0.3) is 5.91 Å². The van der Waals surface area contributed by atoms with E-state index in [4.69, 9.17) is 5.26 Å². The molecular formula is C17H20N4O2. The van der Waals surface area contributed by atoms with Crippen molar-refractivity contribution in [1.82, 2.24) is 15.5 Å². The highest BCUT2D eigenvalue weighted by Gasteiger charge is 2.37. The summed E-state index contributed by atoms with van der Waals surface area (Å²) >= 11 is 0. The number of hydrogen-bond acceptors (Lipinski definition) is 4. The van der Waals surface area contributed by atoms with E-state index in [1.807, 2.05) is 18.2 Å². The van der Waals surface area contributed by atoms with E-state index in [0.29, 0.717) is 25.1 Å². The quantitative estimate of drug-likeness (QED) is 0.859. The van der Waals surface area contributed by atoms with Gasteiger partial charge in [0.05, 0.1) is 12.1 Å². The number of carbonyl (C=O) groups is 2. The lowest BCUT2D eigenvalue weighted by Gasteiger charge is -2.23. The number of nitrogens with zero attached hydrogens (tertiary/aromatic N) is 2. The van der Waals surface area contributed by atoms with Crippen molar-refractivity contribution in [3.63, 3.8) is 0 Å². The van der Waals surface area contributed by atoms with Crippen LogP contribution in [-0.4, -0.2) is 47.9 Å². The van der Waals surface area contributed by atoms with E-state index in [1.165, 1.54) is 0 Å². The first-order valence-electron chi connectivity index (χ1n) is 7.98. The average Bonchev–Trinajstić information content (AvgIpc) is 3.24. The van der Waals surface area contributed by atoms with Gasteiger partial charge < -0.3 is 15.5 Å². The highest BCUT2D eigenvalue weighted by Crippen LogP contribution is 2.20. The molecule has 6 nitrogen and oxygen atoms in total. The van der Waals surface area contributed by atoms with E-state index in [0.717, 1.165) is 12.8 Å². The van der Waals surface area contributed by atoms with Gasteiger partial charge >= 0.3 is 0 Å². The van der Waals surface area contributed by atoms with Crippen LogP contribution in [0.25, 0.3) is 0 Å². The van der Waals surface area contributed by atoms with Gasteiger partial charge in [0.15, 0.2) is 0 Å². The number of hydrogen-bond donors (Lipinski definition) is 2. The number of nitrogens with one attached hydrogen (secondary N) is 2. The monoisotopic (exact) mass is 312 g/mol. The number of carbonyl (C=O) groups excluding carboxylic acids is 2. The first-order valence-corrected chi connectivity index (χ1v) is 7.98. The third-order valence-electron chi connectivity index (χ3n) is 4.49. The summed E-state index contributed by atoms with van der Waals surface area (Å²) in [7, 11) is 0. The lowest BCUT2D eigenvalue weighted by molar-refractivity contribution is -0.133. The number of nitriles is 1. The molecule has 23 heavy (non-hydrogen) atoms. The molecular weight excluding hydrogens is 292 g/mol. The third kappa shape index (κ3) is 3.35. The van der Waals surface area contributed by atoms with E-state index >= 15 is 0 Å². The zero-order valence-electron chi connectivity index (χ0n) is 12.9. The minimum atomic E-state index is -0.315. The van der Waals surface area contributed by atoms with Crippen LogP contribution < -0.4 is 10.6 Å². The normalized spacial score (nSPS) is 26.7. The second-order valence-electron chi connectivity index (χ2n) is 6.05. The summed E-state index contributed by atoms with van der Waals surface area (Å²) in [6.45, 7) is 1.22. The van der Waals surface area contributed by atoms with E-state index in [1.54, 1.807) is 17.0 Å². The SMILES string of the molecule is N#CC1CCCN1C(=O)[C@@H]1C[C@@H](NC(=O)c2ccccc2)CN1. The van der Waals surface area contributed by atoms with Gasteiger partial charge in [-0.25, -0.2) is 0 Å². The summed E-state index contributed by atoms with van der Waals surface area (Å²) in [4.78, 5) is 26.3. The standard InChI is InChI=1S/C17H20N4O2/c18-10-14-7-4-8-21(14)17(23)15-9-13(11-19-15)20-16(22)12-5-2-1-3-6-12/h1-3,5-6,13-15,19H,4,7-9,11H2,(H,20,22)/t13-,14?,15+/m1/s1. The van der Waals surface area contributed by atoms with E-state index < -0.39 is 0 Å². The Morgan fingerprint density at radius 1 is 1.30 bits per heavy atom. The number of likely N-dealkylation sites (tertiary alicyclic amines) is 1. The predicted molar refractivity (Wildman–Crippen MR) is 84.5 cm³/mol. The maximum Gasteiger partial charge on any atom is 0.251 e. The number of rotatable bonds is 3. The van der Waals surface area contributed by atoms with Gasteiger partial charge in [0.1, 0.15) is 6.04 Å². The second kappa shape index (κ2) is 6.80. The molecule has 1 aromatic rings. The molecule has 0 spiro atoms. The largest absolute Gasteiger partial charge is 0.348 e. The summed E-state index contributed by atoms with van der Waals surface area (Å²) in [6.07, 6.45) is 2.19. The molecule has 3 atom stereocenters. The fourth-order valence-corrected chi connectivity index (χ4v) is 3.26. The predicted octanol–water partition coefficient (Wildman–Crippen LogP) is 0.661. The van der Waals surface area contributed by atoms with Crippen molar-refractivity contribution in [3.8, 4) is 6.07 Å². The summed E-state index contributed by atoms with van der Waals surface area (Å²) in [5, 5.41) is 15.2. The molecule has 2 N–H and O–H groups in total. The molecule has 120 valence electrons. The van der Waals surface area contributed by atoms with Crippen molar-refractivity contribution in [3.05, 3.63) is 35.9 Å². The first kappa shape index (κ1) is 15.5. The Labute approximate surface area is 135 Å². The first-order chi connectivity index (χ1) is 11.2. The molecule has 0 bridgehead atoms. The minimum Gasteiger partial charge on any atom is -0.348 e. The smallest absolute Gasteiger partial charge is 0.251 e. The topological polar surface area (TPSA) is 85.2 Å². The molecule has 2 aliphatic rings. The molecule has 2 saturated heterocycles. The zero-order chi connectivity index (χ0) is 16.2. The van der Waals surface area contributed by atoms with Gasteiger partial charge in [-0.3, -0.25) is 9.59 Å². The zero-order valence-corrected chi connectivity index (χ0v) is 12.9. The summed E-state index contributed by atoms with van der Waals surface area (Å²) < 4.78 is 0. The Hall–Kier alpha value is -2.39. The summed E-state index contributed by atoms with van der Waals surface area (Å²) in [5.41, 5.74) is 0.617. The van der Waals surface area contributed by atoms with Gasteiger partial charge in [0, 0.05) is 24.7 Å². The van der Waals surface area contributed by atoms with Crippen molar-refractivity contribution in [2.24, 2.45) is 0 Å². The molecule has 0 aliphatic carbocycles.